The van der Waals surface area contributed by atoms with E-state index in [4.69, 9.17) is 18.0 Å². The van der Waals surface area contributed by atoms with Crippen LogP contribution in [0.25, 0.3) is 0 Å². The van der Waals surface area contributed by atoms with E-state index in [1.807, 2.05) is 0 Å². The van der Waals surface area contributed by atoms with Crippen molar-refractivity contribution in [2.75, 3.05) is 0 Å². The SMILES string of the molecule is CC(C)NC(=O)C(C)NS(=O)(=O)c1cccc(C(N)=S)c1. The Morgan fingerprint density at radius 1 is 1.29 bits per heavy atom. The molecular weight excluding hydrogens is 310 g/mol. The zero-order valence-electron chi connectivity index (χ0n) is 12.1. The molecule has 6 nitrogen and oxygen atoms in total. The molecule has 0 radical (unpaired) electrons. The van der Waals surface area contributed by atoms with Gasteiger partial charge in [-0.3, -0.25) is 4.79 Å². The van der Waals surface area contributed by atoms with E-state index in [1.165, 1.54) is 19.1 Å². The third kappa shape index (κ3) is 5.07. The van der Waals surface area contributed by atoms with E-state index in [-0.39, 0.29) is 21.8 Å². The van der Waals surface area contributed by atoms with Gasteiger partial charge in [0.1, 0.15) is 4.99 Å². The summed E-state index contributed by atoms with van der Waals surface area (Å²) in [5.74, 6) is -0.390. The molecule has 0 bridgehead atoms. The van der Waals surface area contributed by atoms with Gasteiger partial charge in [-0.2, -0.15) is 4.72 Å². The third-order valence-corrected chi connectivity index (χ3v) is 4.36. The molecule has 1 atom stereocenters. The zero-order chi connectivity index (χ0) is 16.2. The molecule has 4 N–H and O–H groups in total. The van der Waals surface area contributed by atoms with E-state index in [1.54, 1.807) is 26.0 Å². The van der Waals surface area contributed by atoms with Crippen molar-refractivity contribution in [3.63, 3.8) is 0 Å². The van der Waals surface area contributed by atoms with Crippen LogP contribution in [0.2, 0.25) is 0 Å². The minimum absolute atomic E-state index is 0.0111. The summed E-state index contributed by atoms with van der Waals surface area (Å²) in [6.07, 6.45) is 0. The number of amides is 1. The minimum atomic E-state index is -3.82. The molecule has 1 unspecified atom stereocenters. The molecule has 0 aliphatic rings. The fourth-order valence-electron chi connectivity index (χ4n) is 1.58. The van der Waals surface area contributed by atoms with Crippen LogP contribution in [0.4, 0.5) is 0 Å². The van der Waals surface area contributed by atoms with E-state index < -0.39 is 16.1 Å². The van der Waals surface area contributed by atoms with Crippen molar-refractivity contribution in [3.8, 4) is 0 Å². The molecule has 0 heterocycles. The predicted molar refractivity (Wildman–Crippen MR) is 85.4 cm³/mol. The molecule has 0 aromatic heterocycles. The molecule has 21 heavy (non-hydrogen) atoms. The summed E-state index contributed by atoms with van der Waals surface area (Å²) in [6.45, 7) is 5.07. The summed E-state index contributed by atoms with van der Waals surface area (Å²) in [5, 5.41) is 2.64. The maximum atomic E-state index is 12.2. The summed E-state index contributed by atoms with van der Waals surface area (Å²) in [5.41, 5.74) is 5.93. The van der Waals surface area contributed by atoms with Gasteiger partial charge in [-0.05, 0) is 32.9 Å². The third-order valence-electron chi connectivity index (χ3n) is 2.58. The second-order valence-corrected chi connectivity index (χ2v) is 7.05. The summed E-state index contributed by atoms with van der Waals surface area (Å²) >= 11 is 4.82. The molecule has 0 aliphatic heterocycles. The zero-order valence-corrected chi connectivity index (χ0v) is 13.7. The molecular formula is C13H19N3O3S2. The molecule has 0 saturated carbocycles. The lowest BCUT2D eigenvalue weighted by atomic mass is 10.2. The minimum Gasteiger partial charge on any atom is -0.389 e. The first-order valence-electron chi connectivity index (χ1n) is 6.36. The Kier molecular flexibility index (Phi) is 5.82. The van der Waals surface area contributed by atoms with E-state index >= 15 is 0 Å². The van der Waals surface area contributed by atoms with E-state index in [2.05, 4.69) is 10.0 Å². The average molecular weight is 329 g/mol. The highest BCUT2D eigenvalue weighted by molar-refractivity contribution is 7.89. The first-order valence-corrected chi connectivity index (χ1v) is 8.25. The number of hydrogen-bond acceptors (Lipinski definition) is 4. The van der Waals surface area contributed by atoms with Crippen molar-refractivity contribution in [2.45, 2.75) is 37.8 Å². The van der Waals surface area contributed by atoms with Gasteiger partial charge >= 0.3 is 0 Å². The van der Waals surface area contributed by atoms with Crippen molar-refractivity contribution in [1.82, 2.24) is 10.0 Å². The lowest BCUT2D eigenvalue weighted by Gasteiger charge is -2.16. The Morgan fingerprint density at radius 2 is 1.90 bits per heavy atom. The maximum absolute atomic E-state index is 12.2. The van der Waals surface area contributed by atoms with Crippen molar-refractivity contribution in [1.29, 1.82) is 0 Å². The molecule has 0 fully saturated rings. The van der Waals surface area contributed by atoms with Crippen molar-refractivity contribution in [3.05, 3.63) is 29.8 Å². The van der Waals surface area contributed by atoms with Crippen LogP contribution in [0.3, 0.4) is 0 Å². The first-order chi connectivity index (χ1) is 9.63. The Bertz CT molecular complexity index is 642. The summed E-state index contributed by atoms with van der Waals surface area (Å²) in [7, 11) is -3.82. The van der Waals surface area contributed by atoms with Crippen LogP contribution in [0.15, 0.2) is 29.2 Å². The lowest BCUT2D eigenvalue weighted by molar-refractivity contribution is -0.122. The first kappa shape index (κ1) is 17.5. The smallest absolute Gasteiger partial charge is 0.241 e. The van der Waals surface area contributed by atoms with Crippen molar-refractivity contribution >= 4 is 33.1 Å². The van der Waals surface area contributed by atoms with Crippen LogP contribution >= 0.6 is 12.2 Å². The van der Waals surface area contributed by atoms with E-state index in [0.29, 0.717) is 5.56 Å². The number of nitrogens with two attached hydrogens (primary N) is 1. The van der Waals surface area contributed by atoms with Gasteiger partial charge in [0.25, 0.3) is 0 Å². The number of rotatable bonds is 6. The molecule has 0 spiro atoms. The van der Waals surface area contributed by atoms with Gasteiger partial charge in [0.15, 0.2) is 0 Å². The summed E-state index contributed by atoms with van der Waals surface area (Å²) < 4.78 is 26.8. The number of sulfonamides is 1. The van der Waals surface area contributed by atoms with Gasteiger partial charge in [-0.25, -0.2) is 8.42 Å². The molecule has 116 valence electrons. The molecule has 1 amide bonds. The highest BCUT2D eigenvalue weighted by Crippen LogP contribution is 2.12. The van der Waals surface area contributed by atoms with E-state index in [0.717, 1.165) is 0 Å². The summed E-state index contributed by atoms with van der Waals surface area (Å²) in [4.78, 5) is 11.9. The number of carbonyl (C=O) groups excluding carboxylic acids is 1. The average Bonchev–Trinajstić information content (AvgIpc) is 2.37. The second kappa shape index (κ2) is 6.97. The number of benzene rings is 1. The second-order valence-electron chi connectivity index (χ2n) is 4.90. The number of hydrogen-bond donors (Lipinski definition) is 3. The Balaban J connectivity index is 2.94. The lowest BCUT2D eigenvalue weighted by Crippen LogP contribution is -2.46. The Hall–Kier alpha value is -1.51. The quantitative estimate of drug-likeness (QED) is 0.660. The van der Waals surface area contributed by atoms with Crippen LogP contribution < -0.4 is 15.8 Å². The maximum Gasteiger partial charge on any atom is 0.241 e. The molecule has 0 saturated heterocycles. The fraction of sp³-hybridized carbons (Fsp3) is 0.385. The van der Waals surface area contributed by atoms with Crippen molar-refractivity contribution in [2.24, 2.45) is 5.73 Å². The topological polar surface area (TPSA) is 101 Å². The normalized spacial score (nSPS) is 13.0. The number of nitrogens with one attached hydrogen (secondary N) is 2. The Morgan fingerprint density at radius 3 is 2.43 bits per heavy atom. The molecule has 0 aliphatic carbocycles. The largest absolute Gasteiger partial charge is 0.389 e. The number of thiocarbonyl (C=S) groups is 1. The molecule has 1 aromatic rings. The number of carbonyl (C=O) groups is 1. The standard InChI is InChI=1S/C13H19N3O3S2/c1-8(2)15-13(17)9(3)16-21(18,19)11-6-4-5-10(7-11)12(14)20/h4-9,16H,1-3H3,(H2,14,20)(H,15,17). The van der Waals surface area contributed by atoms with Gasteiger partial charge in [-0.1, -0.05) is 24.4 Å². The summed E-state index contributed by atoms with van der Waals surface area (Å²) in [6, 6.07) is 5.00. The van der Waals surface area contributed by atoms with Gasteiger partial charge in [-0.15, -0.1) is 0 Å². The fourth-order valence-corrected chi connectivity index (χ4v) is 2.96. The van der Waals surface area contributed by atoms with Gasteiger partial charge in [0.05, 0.1) is 10.9 Å². The van der Waals surface area contributed by atoms with Crippen molar-refractivity contribution < 1.29 is 13.2 Å². The highest BCUT2D eigenvalue weighted by Gasteiger charge is 2.22. The molecule has 8 heteroatoms. The Labute approximate surface area is 130 Å². The van der Waals surface area contributed by atoms with Gasteiger partial charge in [0, 0.05) is 11.6 Å². The van der Waals surface area contributed by atoms with E-state index in [9.17, 15) is 13.2 Å². The van der Waals surface area contributed by atoms with Gasteiger partial charge < -0.3 is 11.1 Å². The predicted octanol–water partition coefficient (Wildman–Crippen LogP) is 0.512. The van der Waals surface area contributed by atoms with Crippen LogP contribution in [-0.2, 0) is 14.8 Å². The van der Waals surface area contributed by atoms with Crippen LogP contribution in [-0.4, -0.2) is 31.4 Å². The van der Waals surface area contributed by atoms with Crippen LogP contribution in [0.1, 0.15) is 26.3 Å². The van der Waals surface area contributed by atoms with Gasteiger partial charge in [0.2, 0.25) is 15.9 Å². The highest BCUT2D eigenvalue weighted by atomic mass is 32.2. The van der Waals surface area contributed by atoms with Crippen LogP contribution in [0, 0.1) is 0 Å². The molecule has 1 rings (SSSR count). The monoisotopic (exact) mass is 329 g/mol. The molecule has 1 aromatic carbocycles. The van der Waals surface area contributed by atoms with Crippen LogP contribution in [0.5, 0.6) is 0 Å².